The molecule has 0 unspecified atom stereocenters. The lowest BCUT2D eigenvalue weighted by atomic mass is 9.68. The highest BCUT2D eigenvalue weighted by Crippen LogP contribution is 2.46. The summed E-state index contributed by atoms with van der Waals surface area (Å²) in [5, 5.41) is 17.3. The Morgan fingerprint density at radius 3 is 2.62 bits per heavy atom. The molecule has 2 aromatic carbocycles. The van der Waals surface area contributed by atoms with Crippen molar-refractivity contribution in [2.24, 2.45) is 17.0 Å². The van der Waals surface area contributed by atoms with Gasteiger partial charge >= 0.3 is 5.97 Å². The highest BCUT2D eigenvalue weighted by Gasteiger charge is 2.44. The topological polar surface area (TPSA) is 119 Å². The maximum Gasteiger partial charge on any atom is 0.338 e. The molecule has 3 aliphatic rings. The van der Waals surface area contributed by atoms with E-state index in [4.69, 9.17) is 26.2 Å². The molecule has 0 amide bonds. The zero-order valence-electron chi connectivity index (χ0n) is 27.0. The van der Waals surface area contributed by atoms with Gasteiger partial charge in [0.25, 0.3) is 0 Å². The summed E-state index contributed by atoms with van der Waals surface area (Å²) in [7, 11) is -3.72. The molecule has 3 N–H and O–H groups in total. The molecule has 1 saturated carbocycles. The monoisotopic (exact) mass is 658 g/mol. The summed E-state index contributed by atoms with van der Waals surface area (Å²) in [5.74, 6) is 0.555. The Balaban J connectivity index is 1.44. The number of carbonyl (C=O) groups is 1. The summed E-state index contributed by atoms with van der Waals surface area (Å²) in [4.78, 5) is 15.5. The van der Waals surface area contributed by atoms with Gasteiger partial charge in [-0.3, -0.25) is 0 Å². The van der Waals surface area contributed by atoms with Crippen molar-refractivity contribution in [1.82, 2.24) is 0 Å². The number of esters is 1. The lowest BCUT2D eigenvalue weighted by Crippen LogP contribution is -2.49. The maximum absolute atomic E-state index is 13.1. The quantitative estimate of drug-likeness (QED) is 0.257. The molecule has 2 aliphatic carbocycles. The third kappa shape index (κ3) is 7.37. The van der Waals surface area contributed by atoms with Crippen molar-refractivity contribution in [3.63, 3.8) is 0 Å². The molecular weight excluding hydrogens is 612 g/mol. The van der Waals surface area contributed by atoms with Crippen LogP contribution in [-0.4, -0.2) is 55.6 Å². The van der Waals surface area contributed by atoms with E-state index in [1.165, 1.54) is 11.1 Å². The van der Waals surface area contributed by atoms with Crippen molar-refractivity contribution in [3.05, 3.63) is 70.3 Å². The first-order valence-electron chi connectivity index (χ1n) is 15.9. The first kappa shape index (κ1) is 33.8. The Morgan fingerprint density at radius 1 is 1.20 bits per heavy atom. The summed E-state index contributed by atoms with van der Waals surface area (Å²) >= 11 is 6.40. The molecule has 0 saturated heterocycles. The summed E-state index contributed by atoms with van der Waals surface area (Å²) in [6.07, 6.45) is 7.74. The lowest BCUT2D eigenvalue weighted by Gasteiger charge is -2.45. The highest BCUT2D eigenvalue weighted by atomic mass is 35.5. The van der Waals surface area contributed by atoms with Crippen LogP contribution >= 0.6 is 11.6 Å². The number of aliphatic hydroxyl groups is 1. The standard InChI is InChI=1S/C35H47ClN2O6S/c1-33(2,3)44-32(40)24-11-15-31-29(19-24)38(21-35(22-43-31)17-6-8-23-18-26(36)12-14-28(23)35)20-25-10-13-27(25)30(39)9-7-16-34(4,5)45(37,41)42/h7,9,11-12,14-15,18-19,25,27,30,39H,6,8,10,13,16-17,20-22H2,1-5H3,(H2,37,41,42)/b9-7+/t25-,27+,30-,35-/m0/s1. The number of ether oxygens (including phenoxy) is 2. The van der Waals surface area contributed by atoms with Gasteiger partial charge in [0.15, 0.2) is 0 Å². The molecule has 1 heterocycles. The zero-order chi connectivity index (χ0) is 32.8. The largest absolute Gasteiger partial charge is 0.490 e. The van der Waals surface area contributed by atoms with Gasteiger partial charge in [0.1, 0.15) is 11.4 Å². The number of fused-ring (bicyclic) bond motifs is 3. The van der Waals surface area contributed by atoms with Crippen LogP contribution in [0.3, 0.4) is 0 Å². The number of benzene rings is 2. The van der Waals surface area contributed by atoms with Gasteiger partial charge < -0.3 is 19.5 Å². The number of hydrogen-bond donors (Lipinski definition) is 2. The Kier molecular flexibility index (Phi) is 9.41. The van der Waals surface area contributed by atoms with Gasteiger partial charge in [0.2, 0.25) is 10.0 Å². The van der Waals surface area contributed by atoms with Crippen LogP contribution in [-0.2, 0) is 26.6 Å². The number of nitrogens with zero attached hydrogens (tertiary/aromatic N) is 1. The third-order valence-corrected chi connectivity index (χ3v) is 11.7. The van der Waals surface area contributed by atoms with Crippen LogP contribution in [0.25, 0.3) is 0 Å². The second kappa shape index (κ2) is 12.5. The molecule has 5 rings (SSSR count). The van der Waals surface area contributed by atoms with Gasteiger partial charge in [0, 0.05) is 23.5 Å². The van der Waals surface area contributed by atoms with E-state index in [1.54, 1.807) is 32.1 Å². The summed E-state index contributed by atoms with van der Waals surface area (Å²) in [6.45, 7) is 10.6. The van der Waals surface area contributed by atoms with Gasteiger partial charge in [-0.05, 0) is 126 Å². The van der Waals surface area contributed by atoms with Crippen molar-refractivity contribution in [1.29, 1.82) is 0 Å². The first-order valence-corrected chi connectivity index (χ1v) is 17.8. The minimum absolute atomic E-state index is 0.0221. The number of rotatable bonds is 8. The molecule has 4 atom stereocenters. The molecule has 1 aliphatic heterocycles. The van der Waals surface area contributed by atoms with Crippen molar-refractivity contribution < 1.29 is 27.8 Å². The number of primary sulfonamides is 1. The number of aliphatic hydroxyl groups excluding tert-OH is 1. The van der Waals surface area contributed by atoms with Crippen LogP contribution in [0.1, 0.15) is 88.2 Å². The van der Waals surface area contributed by atoms with Crippen LogP contribution in [0.2, 0.25) is 5.02 Å². The number of carbonyl (C=O) groups excluding carboxylic acids is 1. The van der Waals surface area contributed by atoms with Crippen LogP contribution in [0.5, 0.6) is 5.75 Å². The summed E-state index contributed by atoms with van der Waals surface area (Å²) < 4.78 is 35.0. The van der Waals surface area contributed by atoms with Crippen LogP contribution in [0.4, 0.5) is 5.69 Å². The SMILES string of the molecule is CC(C)(C)OC(=O)c1ccc2c(c1)N(C[C@@H]1CC[C@H]1[C@@H](O)/C=C/CC(C)(C)S(N)(=O)=O)C[C@@]1(CCCc3cc(Cl)ccc31)CO2. The molecule has 10 heteroatoms. The van der Waals surface area contributed by atoms with Crippen LogP contribution in [0.15, 0.2) is 48.6 Å². The average Bonchev–Trinajstić information content (AvgIpc) is 3.06. The number of halogens is 1. The predicted octanol–water partition coefficient (Wildman–Crippen LogP) is 6.17. The molecule has 2 aromatic rings. The molecule has 0 bridgehead atoms. The minimum Gasteiger partial charge on any atom is -0.490 e. The number of anilines is 1. The van der Waals surface area contributed by atoms with E-state index in [1.807, 2.05) is 39.0 Å². The predicted molar refractivity (Wildman–Crippen MR) is 179 cm³/mol. The fourth-order valence-electron chi connectivity index (χ4n) is 6.88. The summed E-state index contributed by atoms with van der Waals surface area (Å²) in [5.41, 5.74) is 2.94. The van der Waals surface area contributed by atoms with E-state index in [0.717, 1.165) is 48.6 Å². The van der Waals surface area contributed by atoms with Gasteiger partial charge in [-0.2, -0.15) is 0 Å². The zero-order valence-corrected chi connectivity index (χ0v) is 28.6. The first-order chi connectivity index (χ1) is 21.0. The van der Waals surface area contributed by atoms with Crippen molar-refractivity contribution in [2.45, 2.75) is 95.0 Å². The highest BCUT2D eigenvalue weighted by molar-refractivity contribution is 7.90. The molecular formula is C35H47ClN2O6S. The van der Waals surface area contributed by atoms with Gasteiger partial charge in [-0.1, -0.05) is 29.8 Å². The molecule has 8 nitrogen and oxygen atoms in total. The third-order valence-electron chi connectivity index (χ3n) is 9.75. The van der Waals surface area contributed by atoms with Crippen molar-refractivity contribution in [2.75, 3.05) is 24.6 Å². The van der Waals surface area contributed by atoms with Gasteiger partial charge in [-0.15, -0.1) is 0 Å². The molecule has 0 aromatic heterocycles. The molecule has 0 radical (unpaired) electrons. The Hall–Kier alpha value is -2.59. The number of allylic oxidation sites excluding steroid dienone is 1. The fraction of sp³-hybridized carbons (Fsp3) is 0.571. The van der Waals surface area contributed by atoms with E-state index in [2.05, 4.69) is 17.0 Å². The molecule has 45 heavy (non-hydrogen) atoms. The lowest BCUT2D eigenvalue weighted by molar-refractivity contribution is 0.00694. The molecule has 1 spiro atoms. The molecule has 246 valence electrons. The number of nitrogens with two attached hydrogens (primary N) is 1. The van der Waals surface area contributed by atoms with Crippen LogP contribution in [0, 0.1) is 11.8 Å². The number of sulfonamides is 1. The summed E-state index contributed by atoms with van der Waals surface area (Å²) in [6, 6.07) is 11.7. The fourth-order valence-corrected chi connectivity index (χ4v) is 7.41. The van der Waals surface area contributed by atoms with Crippen LogP contribution < -0.4 is 14.8 Å². The second-order valence-electron chi connectivity index (χ2n) is 14.7. The van der Waals surface area contributed by atoms with E-state index in [9.17, 15) is 18.3 Å². The Labute approximate surface area is 273 Å². The Bertz CT molecular complexity index is 1570. The van der Waals surface area contributed by atoms with Crippen molar-refractivity contribution >= 4 is 33.3 Å². The van der Waals surface area contributed by atoms with E-state index in [0.29, 0.717) is 25.3 Å². The van der Waals surface area contributed by atoms with Crippen molar-refractivity contribution in [3.8, 4) is 5.75 Å². The minimum atomic E-state index is -3.72. The number of hydrogen-bond acceptors (Lipinski definition) is 7. The second-order valence-corrected chi connectivity index (χ2v) is 17.3. The average molecular weight is 659 g/mol. The maximum atomic E-state index is 13.1. The van der Waals surface area contributed by atoms with Gasteiger partial charge in [0.05, 0.1) is 28.7 Å². The Morgan fingerprint density at radius 2 is 1.96 bits per heavy atom. The van der Waals surface area contributed by atoms with E-state index >= 15 is 0 Å². The number of aryl methyl sites for hydroxylation is 1. The normalized spacial score (nSPS) is 24.3. The van der Waals surface area contributed by atoms with E-state index < -0.39 is 26.5 Å². The smallest absolute Gasteiger partial charge is 0.338 e. The molecule has 1 fully saturated rings. The van der Waals surface area contributed by atoms with Gasteiger partial charge in [-0.25, -0.2) is 18.4 Å². The van der Waals surface area contributed by atoms with E-state index in [-0.39, 0.29) is 29.6 Å².